The molecular formula is C24H28N6O2. The van der Waals surface area contributed by atoms with Gasteiger partial charge in [0, 0.05) is 30.2 Å². The fourth-order valence-electron chi connectivity index (χ4n) is 5.44. The molecule has 0 aliphatic heterocycles. The zero-order chi connectivity index (χ0) is 22.4. The first kappa shape index (κ1) is 20.5. The number of nitrogens with zero attached hydrogens (tertiary/aromatic N) is 3. The molecule has 5 rings (SSSR count). The number of hydrogen-bond donors (Lipinski definition) is 3. The molecule has 2 fully saturated rings. The van der Waals surface area contributed by atoms with Gasteiger partial charge in [0.2, 0.25) is 5.91 Å². The smallest absolute Gasteiger partial charge is 0.270 e. The summed E-state index contributed by atoms with van der Waals surface area (Å²) in [6.45, 7) is 3.96. The molecule has 2 aliphatic carbocycles. The quantitative estimate of drug-likeness (QED) is 0.556. The van der Waals surface area contributed by atoms with Crippen LogP contribution in [0, 0.1) is 31.6 Å². The van der Waals surface area contributed by atoms with Crippen molar-refractivity contribution < 1.29 is 9.59 Å². The molecule has 166 valence electrons. The highest BCUT2D eigenvalue weighted by Crippen LogP contribution is 2.59. The monoisotopic (exact) mass is 432 g/mol. The number of carbonyl (C=O) groups is 2. The van der Waals surface area contributed by atoms with E-state index in [4.69, 9.17) is 0 Å². The number of fused-ring (bicyclic) bond motifs is 1. The van der Waals surface area contributed by atoms with Gasteiger partial charge in [-0.15, -0.1) is 0 Å². The van der Waals surface area contributed by atoms with Crippen molar-refractivity contribution >= 4 is 17.5 Å². The van der Waals surface area contributed by atoms with Crippen molar-refractivity contribution in [3.8, 4) is 11.1 Å². The van der Waals surface area contributed by atoms with Gasteiger partial charge < -0.3 is 10.6 Å². The second-order valence-corrected chi connectivity index (χ2v) is 9.00. The summed E-state index contributed by atoms with van der Waals surface area (Å²) in [5, 5.41) is 17.3. The molecule has 2 aromatic heterocycles. The molecule has 3 aromatic rings. The number of amides is 2. The van der Waals surface area contributed by atoms with Crippen LogP contribution in [0.25, 0.3) is 11.1 Å². The van der Waals surface area contributed by atoms with Crippen LogP contribution in [0.15, 0.2) is 36.5 Å². The summed E-state index contributed by atoms with van der Waals surface area (Å²) in [6.07, 6.45) is 5.07. The molecular weight excluding hydrogens is 404 g/mol. The van der Waals surface area contributed by atoms with Gasteiger partial charge in [0.1, 0.15) is 11.7 Å². The van der Waals surface area contributed by atoms with Crippen LogP contribution < -0.4 is 10.6 Å². The number of aryl methyl sites for hydroxylation is 3. The van der Waals surface area contributed by atoms with Gasteiger partial charge in [0.15, 0.2) is 0 Å². The Labute approximate surface area is 186 Å². The lowest BCUT2D eigenvalue weighted by Crippen LogP contribution is -2.46. The van der Waals surface area contributed by atoms with Crippen LogP contribution in [0.5, 0.6) is 0 Å². The minimum atomic E-state index is -0.550. The first-order chi connectivity index (χ1) is 15.4. The van der Waals surface area contributed by atoms with E-state index in [1.54, 1.807) is 19.3 Å². The molecule has 4 atom stereocenters. The van der Waals surface area contributed by atoms with Gasteiger partial charge in [0.25, 0.3) is 5.91 Å². The molecule has 0 radical (unpaired) electrons. The Morgan fingerprint density at radius 3 is 2.44 bits per heavy atom. The number of anilines is 1. The number of nitrogens with one attached hydrogen (secondary N) is 3. The molecule has 2 aliphatic rings. The van der Waals surface area contributed by atoms with Crippen molar-refractivity contribution in [2.75, 3.05) is 5.32 Å². The predicted molar refractivity (Wildman–Crippen MR) is 121 cm³/mol. The molecule has 3 N–H and O–H groups in total. The second-order valence-electron chi connectivity index (χ2n) is 9.00. The second kappa shape index (κ2) is 7.93. The fraction of sp³-hybridized carbons (Fsp3) is 0.417. The van der Waals surface area contributed by atoms with E-state index in [9.17, 15) is 9.59 Å². The highest BCUT2D eigenvalue weighted by molar-refractivity contribution is 6.01. The zero-order valence-electron chi connectivity index (χ0n) is 18.6. The Morgan fingerprint density at radius 2 is 1.84 bits per heavy atom. The van der Waals surface area contributed by atoms with Gasteiger partial charge in [-0.25, -0.2) is 0 Å². The summed E-state index contributed by atoms with van der Waals surface area (Å²) in [6, 6.07) is 8.87. The largest absolute Gasteiger partial charge is 0.339 e. The van der Waals surface area contributed by atoms with Crippen molar-refractivity contribution in [2.24, 2.45) is 24.8 Å². The van der Waals surface area contributed by atoms with Crippen LogP contribution in [0.2, 0.25) is 0 Å². The van der Waals surface area contributed by atoms with Crippen molar-refractivity contribution in [1.82, 2.24) is 25.3 Å². The highest BCUT2D eigenvalue weighted by Gasteiger charge is 2.58. The van der Waals surface area contributed by atoms with Crippen LogP contribution in [0.3, 0.4) is 0 Å². The van der Waals surface area contributed by atoms with E-state index in [0.29, 0.717) is 23.2 Å². The molecule has 2 amide bonds. The van der Waals surface area contributed by atoms with Crippen molar-refractivity contribution in [1.29, 1.82) is 0 Å². The molecule has 1 aromatic carbocycles. The number of aromatic amines is 1. The summed E-state index contributed by atoms with van der Waals surface area (Å²) in [4.78, 5) is 26.1. The van der Waals surface area contributed by atoms with Crippen LogP contribution in [0.1, 0.15) is 41.1 Å². The Hall–Kier alpha value is -3.42. The zero-order valence-corrected chi connectivity index (χ0v) is 18.6. The summed E-state index contributed by atoms with van der Waals surface area (Å²) < 4.78 is 1.52. The molecule has 8 nitrogen and oxygen atoms in total. The maximum Gasteiger partial charge on any atom is 0.270 e. The normalized spacial score (nSPS) is 22.3. The SMILES string of the molecule is Cc1n[nH]c(C)c1-c1ccc(NC(=O)[C@@H](NC(=O)c2ccnn2C)C2[C@H]3CCC[C@@H]23)cc1. The number of rotatable bonds is 6. The number of hydrogen-bond acceptors (Lipinski definition) is 4. The summed E-state index contributed by atoms with van der Waals surface area (Å²) in [7, 11) is 1.72. The fourth-order valence-corrected chi connectivity index (χ4v) is 5.44. The van der Waals surface area contributed by atoms with Gasteiger partial charge in [-0.1, -0.05) is 18.6 Å². The molecule has 8 heteroatoms. The van der Waals surface area contributed by atoms with Crippen molar-refractivity contribution in [3.63, 3.8) is 0 Å². The van der Waals surface area contributed by atoms with Crippen molar-refractivity contribution in [3.05, 3.63) is 53.6 Å². The van der Waals surface area contributed by atoms with Crippen LogP contribution in [-0.4, -0.2) is 37.8 Å². The molecule has 0 saturated heterocycles. The third kappa shape index (κ3) is 3.59. The molecule has 2 saturated carbocycles. The third-order valence-electron chi connectivity index (χ3n) is 7.05. The van der Waals surface area contributed by atoms with Gasteiger partial charge in [0.05, 0.1) is 5.69 Å². The first-order valence-electron chi connectivity index (χ1n) is 11.2. The first-order valence-corrected chi connectivity index (χ1v) is 11.2. The van der Waals surface area contributed by atoms with Crippen LogP contribution in [-0.2, 0) is 11.8 Å². The molecule has 0 bridgehead atoms. The van der Waals surface area contributed by atoms with E-state index < -0.39 is 6.04 Å². The maximum absolute atomic E-state index is 13.3. The number of carbonyl (C=O) groups excluding carboxylic acids is 2. The Morgan fingerprint density at radius 1 is 1.12 bits per heavy atom. The number of aromatic nitrogens is 4. The standard InChI is InChI=1S/C24H28N6O2/c1-13-20(14(2)29-28-13)15-7-9-16(10-8-15)26-24(32)22(21-17-5-4-6-18(17)21)27-23(31)19-11-12-25-30(19)3/h7-12,17-18,21-22H,4-6H2,1-3H3,(H,26,32)(H,27,31)(H,28,29)/t17-,18+,21?,22-/m0/s1. The third-order valence-corrected chi connectivity index (χ3v) is 7.05. The Balaban J connectivity index is 1.32. The summed E-state index contributed by atoms with van der Waals surface area (Å²) >= 11 is 0. The minimum Gasteiger partial charge on any atom is -0.339 e. The topological polar surface area (TPSA) is 105 Å². The lowest BCUT2D eigenvalue weighted by Gasteiger charge is -2.20. The highest BCUT2D eigenvalue weighted by atomic mass is 16.2. The van der Waals surface area contributed by atoms with Crippen molar-refractivity contribution in [2.45, 2.75) is 39.2 Å². The van der Waals surface area contributed by atoms with E-state index in [0.717, 1.165) is 35.4 Å². The lowest BCUT2D eigenvalue weighted by molar-refractivity contribution is -0.118. The Bertz CT molecular complexity index is 1130. The van der Waals surface area contributed by atoms with E-state index in [2.05, 4.69) is 25.9 Å². The van der Waals surface area contributed by atoms with Gasteiger partial charge >= 0.3 is 0 Å². The van der Waals surface area contributed by atoms with Crippen LogP contribution >= 0.6 is 0 Å². The molecule has 1 unspecified atom stereocenters. The van der Waals surface area contributed by atoms with Gasteiger partial charge in [-0.3, -0.25) is 19.4 Å². The van der Waals surface area contributed by atoms with E-state index in [1.165, 1.54) is 11.1 Å². The van der Waals surface area contributed by atoms with Gasteiger partial charge in [-0.2, -0.15) is 10.2 Å². The molecule has 2 heterocycles. The molecule has 32 heavy (non-hydrogen) atoms. The lowest BCUT2D eigenvalue weighted by atomic mass is 10.0. The average Bonchev–Trinajstić information content (AvgIpc) is 3.17. The Kier molecular flexibility index (Phi) is 5.07. The van der Waals surface area contributed by atoms with Gasteiger partial charge in [-0.05, 0) is 68.2 Å². The summed E-state index contributed by atoms with van der Waals surface area (Å²) in [5.41, 5.74) is 5.24. The van der Waals surface area contributed by atoms with Crippen LogP contribution in [0.4, 0.5) is 5.69 Å². The van der Waals surface area contributed by atoms with E-state index >= 15 is 0 Å². The number of H-pyrrole nitrogens is 1. The van der Waals surface area contributed by atoms with E-state index in [1.807, 2.05) is 38.1 Å². The summed E-state index contributed by atoms with van der Waals surface area (Å²) in [5.74, 6) is 0.843. The minimum absolute atomic E-state index is 0.164. The maximum atomic E-state index is 13.3. The molecule has 0 spiro atoms. The van der Waals surface area contributed by atoms with E-state index in [-0.39, 0.29) is 17.7 Å². The predicted octanol–water partition coefficient (Wildman–Crippen LogP) is 3.21. The number of benzene rings is 1. The average molecular weight is 433 g/mol.